The monoisotopic (exact) mass is 548 g/mol. The minimum Gasteiger partial charge on any atom is -0.387 e. The highest BCUT2D eigenvalue weighted by Crippen LogP contribution is 2.31. The quantitative estimate of drug-likeness (QED) is 0.250. The van der Waals surface area contributed by atoms with Gasteiger partial charge in [-0.15, -0.1) is 11.3 Å². The van der Waals surface area contributed by atoms with Gasteiger partial charge in [0.05, 0.1) is 16.3 Å². The lowest BCUT2D eigenvalue weighted by atomic mass is 10.1. The fourth-order valence-corrected chi connectivity index (χ4v) is 6.34. The van der Waals surface area contributed by atoms with Crippen LogP contribution in [0.5, 0.6) is 0 Å². The van der Waals surface area contributed by atoms with Crippen LogP contribution in [0, 0.1) is 6.92 Å². The molecule has 0 saturated carbocycles. The average Bonchev–Trinajstić information content (AvgIpc) is 3.47. The first kappa shape index (κ1) is 26.2. The number of aromatic nitrogens is 2. The van der Waals surface area contributed by atoms with Crippen LogP contribution in [0.3, 0.4) is 0 Å². The van der Waals surface area contributed by atoms with Crippen LogP contribution >= 0.6 is 22.9 Å². The van der Waals surface area contributed by atoms with Gasteiger partial charge in [-0.1, -0.05) is 41.9 Å². The Labute approximate surface area is 229 Å². The molecule has 3 heterocycles. The maximum atomic E-state index is 13.3. The number of hydrogen-bond donors (Lipinski definition) is 3. The zero-order valence-corrected chi connectivity index (χ0v) is 23.0. The number of nitrogens with zero attached hydrogens (tertiary/aromatic N) is 2. The van der Waals surface area contributed by atoms with E-state index in [4.69, 9.17) is 11.6 Å². The zero-order chi connectivity index (χ0) is 27.0. The SMILES string of the molecule is Cc1c(CN(C)CC(O)c2c[nH]c3ccccc23)sc2c(=O)c(C(=O)NCc3ccc(Cl)cc3)cn(C)c12. The number of nitrogens with one attached hydrogen (secondary N) is 2. The smallest absolute Gasteiger partial charge is 0.257 e. The van der Waals surface area contributed by atoms with Gasteiger partial charge in [-0.05, 0) is 43.3 Å². The molecule has 5 aromatic rings. The van der Waals surface area contributed by atoms with Gasteiger partial charge in [0, 0.05) is 65.4 Å². The number of hydrogen-bond acceptors (Lipinski definition) is 5. The molecule has 0 saturated heterocycles. The van der Waals surface area contributed by atoms with E-state index in [1.54, 1.807) is 18.3 Å². The number of rotatable bonds is 8. The molecule has 1 unspecified atom stereocenters. The van der Waals surface area contributed by atoms with Crippen LogP contribution in [-0.4, -0.2) is 39.1 Å². The maximum absolute atomic E-state index is 13.3. The molecule has 38 heavy (non-hydrogen) atoms. The van der Waals surface area contributed by atoms with Crippen molar-refractivity contribution in [1.29, 1.82) is 0 Å². The number of thiophene rings is 1. The van der Waals surface area contributed by atoms with E-state index in [-0.39, 0.29) is 11.0 Å². The predicted octanol–water partition coefficient (Wildman–Crippen LogP) is 5.14. The maximum Gasteiger partial charge on any atom is 0.257 e. The largest absolute Gasteiger partial charge is 0.387 e. The molecule has 0 spiro atoms. The summed E-state index contributed by atoms with van der Waals surface area (Å²) < 4.78 is 2.41. The highest BCUT2D eigenvalue weighted by molar-refractivity contribution is 7.19. The number of H-pyrrole nitrogens is 1. The Balaban J connectivity index is 1.34. The number of halogens is 1. The number of aryl methyl sites for hydroxylation is 2. The summed E-state index contributed by atoms with van der Waals surface area (Å²) in [7, 11) is 3.81. The number of amides is 1. The second kappa shape index (κ2) is 10.7. The molecule has 0 fully saturated rings. The molecular formula is C29H29ClN4O3S. The summed E-state index contributed by atoms with van der Waals surface area (Å²) in [5, 5.41) is 15.4. The standard InChI is InChI=1S/C29H29ClN4O3S/c1-17-25(16-33(2)15-24(35)21-13-31-23-7-5-4-6-20(21)23)38-28-26(17)34(3)14-22(27(28)36)29(37)32-12-18-8-10-19(30)11-9-18/h4-11,13-14,24,31,35H,12,15-16H2,1-3H3,(H,32,37). The van der Waals surface area contributed by atoms with E-state index in [1.165, 1.54) is 11.3 Å². The number of aliphatic hydroxyl groups is 1. The van der Waals surface area contributed by atoms with Crippen LogP contribution in [0.1, 0.15) is 38.0 Å². The van der Waals surface area contributed by atoms with Crippen LogP contribution in [0.4, 0.5) is 0 Å². The van der Waals surface area contributed by atoms with Gasteiger partial charge in [0.15, 0.2) is 0 Å². The lowest BCUT2D eigenvalue weighted by Gasteiger charge is -2.20. The summed E-state index contributed by atoms with van der Waals surface area (Å²) in [6, 6.07) is 15.1. The number of likely N-dealkylation sites (N-methyl/N-ethyl adjacent to an activating group) is 1. The van der Waals surface area contributed by atoms with Gasteiger partial charge in [-0.25, -0.2) is 0 Å². The summed E-state index contributed by atoms with van der Waals surface area (Å²) in [5.74, 6) is -0.408. The average molecular weight is 549 g/mol. The molecule has 0 bridgehead atoms. The Morgan fingerprint density at radius 3 is 2.71 bits per heavy atom. The molecule has 0 aliphatic heterocycles. The topological polar surface area (TPSA) is 90.4 Å². The predicted molar refractivity (Wildman–Crippen MR) is 154 cm³/mol. The molecule has 2 aromatic carbocycles. The van der Waals surface area contributed by atoms with Crippen molar-refractivity contribution >= 4 is 50.0 Å². The van der Waals surface area contributed by atoms with E-state index >= 15 is 0 Å². The van der Waals surface area contributed by atoms with Crippen LogP contribution in [0.25, 0.3) is 21.1 Å². The van der Waals surface area contributed by atoms with Gasteiger partial charge < -0.3 is 20.0 Å². The molecule has 1 amide bonds. The molecule has 7 nitrogen and oxygen atoms in total. The van der Waals surface area contributed by atoms with Gasteiger partial charge in [-0.2, -0.15) is 0 Å². The van der Waals surface area contributed by atoms with Crippen LogP contribution in [-0.2, 0) is 20.1 Å². The van der Waals surface area contributed by atoms with Crippen molar-refractivity contribution in [2.24, 2.45) is 7.05 Å². The highest BCUT2D eigenvalue weighted by Gasteiger charge is 2.21. The molecule has 0 aliphatic carbocycles. The first-order valence-electron chi connectivity index (χ1n) is 12.3. The Morgan fingerprint density at radius 1 is 1.21 bits per heavy atom. The number of pyridine rings is 1. The molecule has 9 heteroatoms. The van der Waals surface area contributed by atoms with E-state index in [0.29, 0.717) is 29.4 Å². The van der Waals surface area contributed by atoms with Gasteiger partial charge in [0.25, 0.3) is 5.91 Å². The molecule has 3 N–H and O–H groups in total. The Kier molecular flexibility index (Phi) is 7.40. The molecule has 0 aliphatic rings. The zero-order valence-electron chi connectivity index (χ0n) is 21.4. The third-order valence-corrected chi connectivity index (χ3v) is 8.35. The first-order valence-corrected chi connectivity index (χ1v) is 13.5. The second-order valence-corrected chi connectivity index (χ2v) is 11.2. The van der Waals surface area contributed by atoms with Crippen molar-refractivity contribution in [3.05, 3.63) is 103 Å². The van der Waals surface area contributed by atoms with Crippen molar-refractivity contribution in [3.8, 4) is 0 Å². The van der Waals surface area contributed by atoms with Crippen LogP contribution in [0.15, 0.2) is 65.7 Å². The summed E-state index contributed by atoms with van der Waals surface area (Å²) in [4.78, 5) is 32.6. The number of carbonyl (C=O) groups excluding carboxylic acids is 1. The highest BCUT2D eigenvalue weighted by atomic mass is 35.5. The van der Waals surface area contributed by atoms with Gasteiger partial charge in [0.2, 0.25) is 5.43 Å². The van der Waals surface area contributed by atoms with E-state index in [2.05, 4.69) is 10.3 Å². The summed E-state index contributed by atoms with van der Waals surface area (Å²) in [5.41, 5.74) is 4.43. The number of benzene rings is 2. The second-order valence-electron chi connectivity index (χ2n) is 9.62. The van der Waals surface area contributed by atoms with E-state index < -0.39 is 12.0 Å². The third kappa shape index (κ3) is 5.13. The fourth-order valence-electron chi connectivity index (χ4n) is 4.83. The van der Waals surface area contributed by atoms with Crippen molar-refractivity contribution in [3.63, 3.8) is 0 Å². The van der Waals surface area contributed by atoms with E-state index in [9.17, 15) is 14.7 Å². The van der Waals surface area contributed by atoms with Crippen molar-refractivity contribution in [1.82, 2.24) is 19.8 Å². The molecular weight excluding hydrogens is 520 g/mol. The Bertz CT molecular complexity index is 1690. The van der Waals surface area contributed by atoms with Crippen LogP contribution < -0.4 is 10.7 Å². The molecule has 3 aromatic heterocycles. The minimum absolute atomic E-state index is 0.116. The number of fused-ring (bicyclic) bond motifs is 2. The fraction of sp³-hybridized carbons (Fsp3) is 0.241. The summed E-state index contributed by atoms with van der Waals surface area (Å²) in [6.45, 7) is 3.31. The summed E-state index contributed by atoms with van der Waals surface area (Å²) >= 11 is 7.34. The number of aromatic amines is 1. The third-order valence-electron chi connectivity index (χ3n) is 6.83. The number of aliphatic hydroxyl groups excluding tert-OH is 1. The van der Waals surface area contributed by atoms with Gasteiger partial charge >= 0.3 is 0 Å². The lowest BCUT2D eigenvalue weighted by molar-refractivity contribution is 0.0949. The van der Waals surface area contributed by atoms with Crippen molar-refractivity contribution in [2.45, 2.75) is 26.1 Å². The first-order chi connectivity index (χ1) is 18.2. The number of carbonyl (C=O) groups is 1. The molecule has 196 valence electrons. The summed E-state index contributed by atoms with van der Waals surface area (Å²) in [6.07, 6.45) is 2.81. The normalized spacial score (nSPS) is 12.5. The Morgan fingerprint density at radius 2 is 1.95 bits per heavy atom. The minimum atomic E-state index is -0.659. The molecule has 1 atom stereocenters. The molecule has 0 radical (unpaired) electrons. The van der Waals surface area contributed by atoms with Crippen molar-refractivity contribution < 1.29 is 9.90 Å². The van der Waals surface area contributed by atoms with Crippen molar-refractivity contribution in [2.75, 3.05) is 13.6 Å². The van der Waals surface area contributed by atoms with Gasteiger partial charge in [-0.3, -0.25) is 14.5 Å². The van der Waals surface area contributed by atoms with E-state index in [1.807, 2.05) is 73.1 Å². The lowest BCUT2D eigenvalue weighted by Crippen LogP contribution is -2.29. The van der Waals surface area contributed by atoms with E-state index in [0.717, 1.165) is 38.0 Å². The molecule has 5 rings (SSSR count). The van der Waals surface area contributed by atoms with Gasteiger partial charge in [0.1, 0.15) is 5.56 Å². The van der Waals surface area contributed by atoms with Crippen LogP contribution in [0.2, 0.25) is 5.02 Å². The Hall–Kier alpha value is -3.43. The number of para-hydroxylation sites is 1.